The minimum Gasteiger partial charge on any atom is -0.497 e. The van der Waals surface area contributed by atoms with Gasteiger partial charge in [-0.05, 0) is 17.7 Å². The molecule has 2 N–H and O–H groups in total. The van der Waals surface area contributed by atoms with Crippen LogP contribution < -0.4 is 10.5 Å². The summed E-state index contributed by atoms with van der Waals surface area (Å²) in [5.41, 5.74) is 6.32. The quantitative estimate of drug-likeness (QED) is 0.596. The Morgan fingerprint density at radius 2 is 2.31 bits per heavy atom. The fraction of sp³-hybridized carbons (Fsp3) is 0.364. The molecule has 1 atom stereocenters. The molecule has 88 valence electrons. The Morgan fingerprint density at radius 3 is 2.94 bits per heavy atom. The predicted molar refractivity (Wildman–Crippen MR) is 64.6 cm³/mol. The third-order valence-corrected chi connectivity index (χ3v) is 2.41. The van der Waals surface area contributed by atoms with Gasteiger partial charge in [-0.1, -0.05) is 12.1 Å². The highest BCUT2D eigenvalue weighted by atomic mass is 32.1. The van der Waals surface area contributed by atoms with Crippen LogP contribution in [0.5, 0.6) is 5.75 Å². The van der Waals surface area contributed by atoms with Crippen molar-refractivity contribution in [2.75, 3.05) is 12.9 Å². The standard InChI is InChI=1S/C11H15NO3S/c1-14-9-4-2-3-8(5-9)6-15-11(13)10(12)7-16/h2-5,10,16H,6-7,12H2,1H3. The minimum absolute atomic E-state index is 0.192. The van der Waals surface area contributed by atoms with Crippen LogP contribution in [0.1, 0.15) is 5.56 Å². The van der Waals surface area contributed by atoms with E-state index in [1.165, 1.54) is 0 Å². The van der Waals surface area contributed by atoms with Gasteiger partial charge < -0.3 is 15.2 Å². The van der Waals surface area contributed by atoms with Crippen LogP contribution >= 0.6 is 12.6 Å². The van der Waals surface area contributed by atoms with Crippen molar-refractivity contribution in [1.82, 2.24) is 0 Å². The molecule has 0 spiro atoms. The van der Waals surface area contributed by atoms with Crippen LogP contribution in [-0.2, 0) is 16.1 Å². The van der Waals surface area contributed by atoms with E-state index < -0.39 is 12.0 Å². The van der Waals surface area contributed by atoms with Crippen molar-refractivity contribution in [2.24, 2.45) is 5.73 Å². The number of rotatable bonds is 5. The van der Waals surface area contributed by atoms with E-state index in [2.05, 4.69) is 12.6 Å². The van der Waals surface area contributed by atoms with Gasteiger partial charge >= 0.3 is 5.97 Å². The van der Waals surface area contributed by atoms with Gasteiger partial charge in [0.15, 0.2) is 0 Å². The summed E-state index contributed by atoms with van der Waals surface area (Å²) < 4.78 is 10.1. The Bertz CT molecular complexity index is 357. The van der Waals surface area contributed by atoms with Crippen LogP contribution in [0.4, 0.5) is 0 Å². The van der Waals surface area contributed by atoms with Crippen LogP contribution in [0.2, 0.25) is 0 Å². The number of thiol groups is 1. The van der Waals surface area contributed by atoms with E-state index >= 15 is 0 Å². The van der Waals surface area contributed by atoms with E-state index in [0.717, 1.165) is 11.3 Å². The zero-order chi connectivity index (χ0) is 12.0. The highest BCUT2D eigenvalue weighted by Gasteiger charge is 2.12. The number of hydrogen-bond acceptors (Lipinski definition) is 5. The molecule has 16 heavy (non-hydrogen) atoms. The Hall–Kier alpha value is -1.20. The zero-order valence-corrected chi connectivity index (χ0v) is 9.94. The lowest BCUT2D eigenvalue weighted by Crippen LogP contribution is -2.33. The van der Waals surface area contributed by atoms with Crippen molar-refractivity contribution >= 4 is 18.6 Å². The highest BCUT2D eigenvalue weighted by Crippen LogP contribution is 2.13. The maximum Gasteiger partial charge on any atom is 0.324 e. The zero-order valence-electron chi connectivity index (χ0n) is 9.05. The van der Waals surface area contributed by atoms with Gasteiger partial charge in [0.1, 0.15) is 18.4 Å². The molecular weight excluding hydrogens is 226 g/mol. The molecule has 0 aliphatic heterocycles. The molecule has 1 unspecified atom stereocenters. The second kappa shape index (κ2) is 6.40. The molecule has 0 fully saturated rings. The van der Waals surface area contributed by atoms with Crippen LogP contribution in [0.15, 0.2) is 24.3 Å². The molecule has 4 nitrogen and oxygen atoms in total. The number of ether oxygens (including phenoxy) is 2. The molecule has 0 bridgehead atoms. The van der Waals surface area contributed by atoms with Crippen molar-refractivity contribution < 1.29 is 14.3 Å². The fourth-order valence-electron chi connectivity index (χ4n) is 1.10. The second-order valence-corrected chi connectivity index (χ2v) is 3.61. The van der Waals surface area contributed by atoms with Gasteiger partial charge in [0, 0.05) is 5.75 Å². The third kappa shape index (κ3) is 3.75. The summed E-state index contributed by atoms with van der Waals surface area (Å²) in [5.74, 6) is 0.557. The average Bonchev–Trinajstić information content (AvgIpc) is 2.35. The maximum absolute atomic E-state index is 11.3. The summed E-state index contributed by atoms with van der Waals surface area (Å²) in [6, 6.07) is 6.64. The van der Waals surface area contributed by atoms with Crippen molar-refractivity contribution in [3.05, 3.63) is 29.8 Å². The number of hydrogen-bond donors (Lipinski definition) is 2. The number of methoxy groups -OCH3 is 1. The smallest absolute Gasteiger partial charge is 0.324 e. The normalized spacial score (nSPS) is 11.9. The molecular formula is C11H15NO3S. The Labute approximate surface area is 100 Å². The average molecular weight is 241 g/mol. The van der Waals surface area contributed by atoms with Gasteiger partial charge in [0.05, 0.1) is 7.11 Å². The molecule has 0 aliphatic rings. The molecule has 0 aromatic heterocycles. The largest absolute Gasteiger partial charge is 0.497 e. The lowest BCUT2D eigenvalue weighted by molar-refractivity contribution is -0.145. The van der Waals surface area contributed by atoms with Crippen LogP contribution in [-0.4, -0.2) is 24.9 Å². The molecule has 0 aliphatic carbocycles. The van der Waals surface area contributed by atoms with E-state index in [1.807, 2.05) is 18.2 Å². The summed E-state index contributed by atoms with van der Waals surface area (Å²) >= 11 is 3.92. The van der Waals surface area contributed by atoms with Gasteiger partial charge in [-0.2, -0.15) is 12.6 Å². The van der Waals surface area contributed by atoms with Crippen molar-refractivity contribution in [3.63, 3.8) is 0 Å². The van der Waals surface area contributed by atoms with E-state index in [1.54, 1.807) is 13.2 Å². The molecule has 0 saturated carbocycles. The molecule has 1 aromatic carbocycles. The molecule has 0 heterocycles. The molecule has 5 heteroatoms. The molecule has 0 amide bonds. The summed E-state index contributed by atoms with van der Waals surface area (Å²) in [6.07, 6.45) is 0. The molecule has 1 aromatic rings. The molecule has 0 radical (unpaired) electrons. The fourth-order valence-corrected chi connectivity index (χ4v) is 1.25. The topological polar surface area (TPSA) is 61.5 Å². The molecule has 1 rings (SSSR count). The van der Waals surface area contributed by atoms with E-state index in [-0.39, 0.29) is 12.4 Å². The first kappa shape index (κ1) is 12.9. The van der Waals surface area contributed by atoms with Crippen LogP contribution in [0.3, 0.4) is 0 Å². The first-order chi connectivity index (χ1) is 7.67. The third-order valence-electron chi connectivity index (χ3n) is 2.01. The van der Waals surface area contributed by atoms with E-state index in [9.17, 15) is 4.79 Å². The summed E-state index contributed by atoms with van der Waals surface area (Å²) in [5, 5.41) is 0. The summed E-state index contributed by atoms with van der Waals surface area (Å²) in [6.45, 7) is 0.192. The predicted octanol–water partition coefficient (Wildman–Crippen LogP) is 0.995. The van der Waals surface area contributed by atoms with Gasteiger partial charge in [-0.25, -0.2) is 0 Å². The Kier molecular flexibility index (Phi) is 5.14. The van der Waals surface area contributed by atoms with Crippen molar-refractivity contribution in [3.8, 4) is 5.75 Å². The summed E-state index contributed by atoms with van der Waals surface area (Å²) in [7, 11) is 1.59. The number of esters is 1. The number of nitrogens with two attached hydrogens (primary N) is 1. The molecule has 0 saturated heterocycles. The van der Waals surface area contributed by atoms with Crippen molar-refractivity contribution in [2.45, 2.75) is 12.6 Å². The van der Waals surface area contributed by atoms with Gasteiger partial charge in [0.2, 0.25) is 0 Å². The Balaban J connectivity index is 2.51. The van der Waals surface area contributed by atoms with Crippen LogP contribution in [0.25, 0.3) is 0 Å². The monoisotopic (exact) mass is 241 g/mol. The maximum atomic E-state index is 11.3. The van der Waals surface area contributed by atoms with Crippen molar-refractivity contribution in [1.29, 1.82) is 0 Å². The lowest BCUT2D eigenvalue weighted by atomic mass is 10.2. The minimum atomic E-state index is -0.672. The second-order valence-electron chi connectivity index (χ2n) is 3.25. The first-order valence-electron chi connectivity index (χ1n) is 4.83. The van der Waals surface area contributed by atoms with Gasteiger partial charge in [-0.3, -0.25) is 4.79 Å². The first-order valence-corrected chi connectivity index (χ1v) is 5.46. The van der Waals surface area contributed by atoms with E-state index in [4.69, 9.17) is 15.2 Å². The van der Waals surface area contributed by atoms with E-state index in [0.29, 0.717) is 0 Å². The van der Waals surface area contributed by atoms with Crippen LogP contribution in [0, 0.1) is 0 Å². The number of carbonyl (C=O) groups excluding carboxylic acids is 1. The highest BCUT2D eigenvalue weighted by molar-refractivity contribution is 7.80. The summed E-state index contributed by atoms with van der Waals surface area (Å²) in [4.78, 5) is 11.3. The Morgan fingerprint density at radius 1 is 1.56 bits per heavy atom. The SMILES string of the molecule is COc1cccc(COC(=O)C(N)CS)c1. The number of benzene rings is 1. The lowest BCUT2D eigenvalue weighted by Gasteiger charge is -2.09. The van der Waals surface area contributed by atoms with Gasteiger partial charge in [0.25, 0.3) is 0 Å². The van der Waals surface area contributed by atoms with Gasteiger partial charge in [-0.15, -0.1) is 0 Å². The number of carbonyl (C=O) groups is 1.